The highest BCUT2D eigenvalue weighted by Crippen LogP contribution is 2.24. The largest absolute Gasteiger partial charge is 0.391 e. The first-order valence-corrected chi connectivity index (χ1v) is 4.55. The van der Waals surface area contributed by atoms with Gasteiger partial charge < -0.3 is 5.11 Å². The van der Waals surface area contributed by atoms with E-state index in [2.05, 4.69) is 5.10 Å². The second-order valence-corrected chi connectivity index (χ2v) is 3.41. The van der Waals surface area contributed by atoms with Crippen LogP contribution in [0.5, 0.6) is 0 Å². The van der Waals surface area contributed by atoms with Gasteiger partial charge in [0.25, 0.3) is 0 Å². The minimum absolute atomic E-state index is 0.00810. The van der Waals surface area contributed by atoms with Crippen molar-refractivity contribution in [3.8, 4) is 0 Å². The molecule has 1 aromatic rings. The molecule has 0 bridgehead atoms. The number of halogens is 1. The smallest absolute Gasteiger partial charge is 0.156 e. The summed E-state index contributed by atoms with van der Waals surface area (Å²) in [5, 5.41) is 13.6. The maximum atomic E-state index is 9.03. The van der Waals surface area contributed by atoms with Crippen LogP contribution in [-0.4, -0.2) is 14.9 Å². The van der Waals surface area contributed by atoms with Crippen molar-refractivity contribution in [3.63, 3.8) is 0 Å². The fraction of sp³-hybridized carbons (Fsp3) is 0.625. The van der Waals surface area contributed by atoms with Crippen LogP contribution in [0.2, 0.25) is 5.15 Å². The molecule has 2 heterocycles. The van der Waals surface area contributed by atoms with E-state index in [0.717, 1.165) is 30.6 Å². The van der Waals surface area contributed by atoms with Gasteiger partial charge in [0.1, 0.15) is 0 Å². The number of hydrogen-bond acceptors (Lipinski definition) is 2. The number of hydrogen-bond donors (Lipinski definition) is 1. The van der Waals surface area contributed by atoms with Gasteiger partial charge in [-0.3, -0.25) is 4.68 Å². The molecular formula is C8H11ClN2O. The molecular weight excluding hydrogens is 176 g/mol. The highest BCUT2D eigenvalue weighted by Gasteiger charge is 2.17. The molecule has 0 unspecified atom stereocenters. The molecule has 0 saturated carbocycles. The predicted octanol–water partition coefficient (Wildman–Crippen LogP) is 1.37. The van der Waals surface area contributed by atoms with Crippen molar-refractivity contribution in [3.05, 3.63) is 16.4 Å². The second kappa shape index (κ2) is 3.07. The molecule has 66 valence electrons. The van der Waals surface area contributed by atoms with E-state index in [1.54, 1.807) is 0 Å². The standard InChI is InChI=1S/C8H11ClN2O/c9-8-6(5-12)7-3-1-2-4-11(7)10-8/h12H,1-5H2. The number of fused-ring (bicyclic) bond motifs is 1. The van der Waals surface area contributed by atoms with Crippen molar-refractivity contribution < 1.29 is 5.11 Å². The van der Waals surface area contributed by atoms with Crippen molar-refractivity contribution in [2.45, 2.75) is 32.4 Å². The minimum Gasteiger partial charge on any atom is -0.391 e. The molecule has 12 heavy (non-hydrogen) atoms. The molecule has 1 N–H and O–H groups in total. The van der Waals surface area contributed by atoms with Crippen LogP contribution >= 0.6 is 11.6 Å². The minimum atomic E-state index is 0.00810. The van der Waals surface area contributed by atoms with Crippen LogP contribution in [0.25, 0.3) is 0 Å². The van der Waals surface area contributed by atoms with Crippen LogP contribution in [0.4, 0.5) is 0 Å². The third-order valence-electron chi connectivity index (χ3n) is 2.31. The molecule has 3 nitrogen and oxygen atoms in total. The zero-order valence-electron chi connectivity index (χ0n) is 6.76. The topological polar surface area (TPSA) is 38.1 Å². The van der Waals surface area contributed by atoms with Gasteiger partial charge in [0.2, 0.25) is 0 Å². The molecule has 0 atom stereocenters. The average molecular weight is 187 g/mol. The van der Waals surface area contributed by atoms with Crippen LogP contribution in [-0.2, 0) is 19.6 Å². The lowest BCUT2D eigenvalue weighted by Gasteiger charge is -2.13. The van der Waals surface area contributed by atoms with E-state index in [0.29, 0.717) is 5.15 Å². The fourth-order valence-electron chi connectivity index (χ4n) is 1.68. The summed E-state index contributed by atoms with van der Waals surface area (Å²) in [6.45, 7) is 0.948. The molecule has 0 amide bonds. The summed E-state index contributed by atoms with van der Waals surface area (Å²) in [4.78, 5) is 0. The normalized spacial score (nSPS) is 16.2. The number of aliphatic hydroxyl groups is 1. The summed E-state index contributed by atoms with van der Waals surface area (Å²) in [6.07, 6.45) is 3.33. The Labute approximate surface area is 76.0 Å². The van der Waals surface area contributed by atoms with Gasteiger partial charge in [-0.05, 0) is 19.3 Å². The van der Waals surface area contributed by atoms with Crippen molar-refractivity contribution in [2.75, 3.05) is 0 Å². The van der Waals surface area contributed by atoms with E-state index in [9.17, 15) is 0 Å². The SMILES string of the molecule is OCc1c(Cl)nn2c1CCCC2. The Bertz CT molecular complexity index is 295. The molecule has 0 aromatic carbocycles. The third kappa shape index (κ3) is 1.13. The van der Waals surface area contributed by atoms with E-state index in [1.807, 2.05) is 4.68 Å². The van der Waals surface area contributed by atoms with Crippen LogP contribution in [0, 0.1) is 0 Å². The van der Waals surface area contributed by atoms with E-state index in [-0.39, 0.29) is 6.61 Å². The lowest BCUT2D eigenvalue weighted by molar-refractivity contribution is 0.279. The number of aliphatic hydroxyl groups excluding tert-OH is 1. The Hall–Kier alpha value is -0.540. The number of aryl methyl sites for hydroxylation is 1. The maximum Gasteiger partial charge on any atom is 0.156 e. The molecule has 1 aliphatic rings. The van der Waals surface area contributed by atoms with E-state index in [4.69, 9.17) is 16.7 Å². The first-order valence-electron chi connectivity index (χ1n) is 4.18. The number of aromatic nitrogens is 2. The first kappa shape index (κ1) is 8.08. The Morgan fingerprint density at radius 2 is 2.33 bits per heavy atom. The van der Waals surface area contributed by atoms with Gasteiger partial charge in [-0.1, -0.05) is 11.6 Å². The summed E-state index contributed by atoms with van der Waals surface area (Å²) < 4.78 is 1.91. The summed E-state index contributed by atoms with van der Waals surface area (Å²) in [7, 11) is 0. The van der Waals surface area contributed by atoms with Gasteiger partial charge >= 0.3 is 0 Å². The fourth-order valence-corrected chi connectivity index (χ4v) is 1.94. The van der Waals surface area contributed by atoms with Gasteiger partial charge in [0.15, 0.2) is 5.15 Å². The van der Waals surface area contributed by atoms with Crippen molar-refractivity contribution in [2.24, 2.45) is 0 Å². The Morgan fingerprint density at radius 1 is 1.50 bits per heavy atom. The molecule has 0 spiro atoms. The maximum absolute atomic E-state index is 9.03. The summed E-state index contributed by atoms with van der Waals surface area (Å²) >= 11 is 5.84. The summed E-state index contributed by atoms with van der Waals surface area (Å²) in [5.41, 5.74) is 1.94. The van der Waals surface area contributed by atoms with Crippen LogP contribution in [0.1, 0.15) is 24.1 Å². The van der Waals surface area contributed by atoms with Gasteiger partial charge in [0.05, 0.1) is 6.61 Å². The zero-order chi connectivity index (χ0) is 8.55. The molecule has 1 aromatic heterocycles. The third-order valence-corrected chi connectivity index (χ3v) is 2.61. The van der Waals surface area contributed by atoms with Gasteiger partial charge in [-0.2, -0.15) is 5.10 Å². The molecule has 0 radical (unpaired) electrons. The molecule has 1 aliphatic heterocycles. The number of rotatable bonds is 1. The summed E-state index contributed by atoms with van der Waals surface area (Å²) in [6, 6.07) is 0. The molecule has 4 heteroatoms. The first-order chi connectivity index (χ1) is 5.83. The average Bonchev–Trinajstić information content (AvgIpc) is 2.40. The van der Waals surface area contributed by atoms with Crippen LogP contribution in [0.15, 0.2) is 0 Å². The monoisotopic (exact) mass is 186 g/mol. The van der Waals surface area contributed by atoms with E-state index < -0.39 is 0 Å². The van der Waals surface area contributed by atoms with Crippen molar-refractivity contribution in [1.82, 2.24) is 9.78 Å². The summed E-state index contributed by atoms with van der Waals surface area (Å²) in [5.74, 6) is 0. The Balaban J connectivity index is 2.46. The molecule has 0 aliphatic carbocycles. The predicted molar refractivity (Wildman–Crippen MR) is 46.1 cm³/mol. The van der Waals surface area contributed by atoms with Crippen molar-refractivity contribution >= 4 is 11.6 Å². The Kier molecular flexibility index (Phi) is 2.07. The lowest BCUT2D eigenvalue weighted by Crippen LogP contribution is -2.11. The highest BCUT2D eigenvalue weighted by molar-refractivity contribution is 6.30. The molecule has 0 fully saturated rings. The zero-order valence-corrected chi connectivity index (χ0v) is 7.51. The Morgan fingerprint density at radius 3 is 3.08 bits per heavy atom. The second-order valence-electron chi connectivity index (χ2n) is 3.05. The van der Waals surface area contributed by atoms with Gasteiger partial charge in [0, 0.05) is 17.8 Å². The lowest BCUT2D eigenvalue weighted by atomic mass is 10.1. The van der Waals surface area contributed by atoms with E-state index in [1.165, 1.54) is 6.42 Å². The van der Waals surface area contributed by atoms with Crippen molar-refractivity contribution in [1.29, 1.82) is 0 Å². The van der Waals surface area contributed by atoms with Gasteiger partial charge in [-0.25, -0.2) is 0 Å². The van der Waals surface area contributed by atoms with Gasteiger partial charge in [-0.15, -0.1) is 0 Å². The molecule has 0 saturated heterocycles. The van der Waals surface area contributed by atoms with Crippen LogP contribution < -0.4 is 0 Å². The van der Waals surface area contributed by atoms with Crippen LogP contribution in [0.3, 0.4) is 0 Å². The highest BCUT2D eigenvalue weighted by atomic mass is 35.5. The van der Waals surface area contributed by atoms with E-state index >= 15 is 0 Å². The quantitative estimate of drug-likeness (QED) is 0.720. The molecule has 2 rings (SSSR count). The number of nitrogens with zero attached hydrogens (tertiary/aromatic N) is 2.